The maximum Gasteiger partial charge on any atom is 0.163 e. The lowest BCUT2D eigenvalue weighted by Gasteiger charge is -2.14. The fraction of sp³-hybridized carbons (Fsp3) is 0.200. The third-order valence-electron chi connectivity index (χ3n) is 3.01. The van der Waals surface area contributed by atoms with Crippen LogP contribution < -0.4 is 0 Å². The van der Waals surface area contributed by atoms with Gasteiger partial charge in [-0.15, -0.1) is 11.6 Å². The maximum atomic E-state index is 13.7. The van der Waals surface area contributed by atoms with E-state index in [0.717, 1.165) is 6.07 Å². The summed E-state index contributed by atoms with van der Waals surface area (Å²) < 4.78 is 40.4. The van der Waals surface area contributed by atoms with Crippen LogP contribution in [-0.2, 0) is 0 Å². The van der Waals surface area contributed by atoms with Crippen LogP contribution in [0.5, 0.6) is 0 Å². The van der Waals surface area contributed by atoms with Gasteiger partial charge in [-0.3, -0.25) is 0 Å². The van der Waals surface area contributed by atoms with Crippen LogP contribution in [0.3, 0.4) is 0 Å². The monoisotopic (exact) mass is 284 g/mol. The summed E-state index contributed by atoms with van der Waals surface area (Å²) in [5.41, 5.74) is 1.45. The normalized spacial score (nSPS) is 12.5. The van der Waals surface area contributed by atoms with Crippen molar-refractivity contribution in [3.05, 3.63) is 70.0 Å². The molecule has 0 radical (unpaired) electrons. The summed E-state index contributed by atoms with van der Waals surface area (Å²) in [7, 11) is 0. The Hall–Kier alpha value is -1.48. The standard InChI is InChI=1S/C15H12ClF3/c1-8-6-10(7-9(2)14(8)18)13(16)11-4-3-5-12(17)15(11)19/h3-7,13H,1-2H3. The molecule has 0 aliphatic rings. The Morgan fingerprint density at radius 1 is 0.947 bits per heavy atom. The number of aryl methyl sites for hydroxylation is 2. The van der Waals surface area contributed by atoms with Crippen molar-refractivity contribution in [2.75, 3.05) is 0 Å². The molecule has 0 amide bonds. The smallest absolute Gasteiger partial charge is 0.163 e. The van der Waals surface area contributed by atoms with Gasteiger partial charge in [-0.25, -0.2) is 13.2 Å². The van der Waals surface area contributed by atoms with Crippen LogP contribution in [0, 0.1) is 31.3 Å². The topological polar surface area (TPSA) is 0 Å². The second kappa shape index (κ2) is 5.25. The Morgan fingerprint density at radius 3 is 2.11 bits per heavy atom. The number of halogens is 4. The second-order valence-corrected chi connectivity index (χ2v) is 4.91. The van der Waals surface area contributed by atoms with E-state index < -0.39 is 17.0 Å². The molecule has 0 saturated heterocycles. The van der Waals surface area contributed by atoms with Gasteiger partial charge in [0.25, 0.3) is 0 Å². The number of hydrogen-bond donors (Lipinski definition) is 0. The molecule has 0 aromatic heterocycles. The molecule has 2 aromatic carbocycles. The van der Waals surface area contributed by atoms with Crippen molar-refractivity contribution in [1.82, 2.24) is 0 Å². The fourth-order valence-electron chi connectivity index (χ4n) is 2.02. The van der Waals surface area contributed by atoms with Gasteiger partial charge in [0.1, 0.15) is 5.82 Å². The van der Waals surface area contributed by atoms with Crippen molar-refractivity contribution in [2.24, 2.45) is 0 Å². The predicted molar refractivity (Wildman–Crippen MR) is 69.9 cm³/mol. The third-order valence-corrected chi connectivity index (χ3v) is 3.49. The molecule has 100 valence electrons. The van der Waals surface area contributed by atoms with Gasteiger partial charge in [-0.2, -0.15) is 0 Å². The Bertz CT molecular complexity index is 600. The van der Waals surface area contributed by atoms with Gasteiger partial charge in [0.15, 0.2) is 11.6 Å². The van der Waals surface area contributed by atoms with Gasteiger partial charge < -0.3 is 0 Å². The molecule has 0 spiro atoms. The quantitative estimate of drug-likeness (QED) is 0.677. The Kier molecular flexibility index (Phi) is 3.85. The lowest BCUT2D eigenvalue weighted by molar-refractivity contribution is 0.500. The summed E-state index contributed by atoms with van der Waals surface area (Å²) in [6, 6.07) is 6.94. The van der Waals surface area contributed by atoms with Crippen LogP contribution in [-0.4, -0.2) is 0 Å². The van der Waals surface area contributed by atoms with E-state index in [0.29, 0.717) is 16.7 Å². The molecule has 0 fully saturated rings. The first kappa shape index (κ1) is 13.9. The van der Waals surface area contributed by atoms with Crippen molar-refractivity contribution in [3.8, 4) is 0 Å². The molecule has 19 heavy (non-hydrogen) atoms. The Morgan fingerprint density at radius 2 is 1.53 bits per heavy atom. The molecule has 1 unspecified atom stereocenters. The van der Waals surface area contributed by atoms with Crippen molar-refractivity contribution in [1.29, 1.82) is 0 Å². The van der Waals surface area contributed by atoms with E-state index in [4.69, 9.17) is 11.6 Å². The van der Waals surface area contributed by atoms with Gasteiger partial charge in [0, 0.05) is 5.56 Å². The zero-order chi connectivity index (χ0) is 14.2. The SMILES string of the molecule is Cc1cc(C(Cl)c2cccc(F)c2F)cc(C)c1F. The van der Waals surface area contributed by atoms with Crippen LogP contribution in [0.1, 0.15) is 27.6 Å². The van der Waals surface area contributed by atoms with E-state index in [1.165, 1.54) is 12.1 Å². The predicted octanol–water partition coefficient (Wildman–Crippen LogP) is 5.05. The summed E-state index contributed by atoms with van der Waals surface area (Å²) in [5, 5.41) is -0.853. The van der Waals surface area contributed by atoms with Crippen molar-refractivity contribution < 1.29 is 13.2 Å². The Labute approximate surface area is 114 Å². The first-order valence-corrected chi connectivity index (χ1v) is 6.20. The van der Waals surface area contributed by atoms with Gasteiger partial charge in [0.2, 0.25) is 0 Å². The van der Waals surface area contributed by atoms with E-state index in [1.54, 1.807) is 26.0 Å². The summed E-state index contributed by atoms with van der Waals surface area (Å²) in [6.45, 7) is 3.22. The van der Waals surface area contributed by atoms with Gasteiger partial charge >= 0.3 is 0 Å². The lowest BCUT2D eigenvalue weighted by Crippen LogP contribution is -2.01. The molecule has 0 bridgehead atoms. The van der Waals surface area contributed by atoms with Crippen LogP contribution in [0.15, 0.2) is 30.3 Å². The molecular weight excluding hydrogens is 273 g/mol. The highest BCUT2D eigenvalue weighted by molar-refractivity contribution is 6.22. The van der Waals surface area contributed by atoms with Crippen LogP contribution in [0.4, 0.5) is 13.2 Å². The molecule has 0 saturated carbocycles. The number of hydrogen-bond acceptors (Lipinski definition) is 0. The average Bonchev–Trinajstić information content (AvgIpc) is 2.38. The number of alkyl halides is 1. The highest BCUT2D eigenvalue weighted by atomic mass is 35.5. The third kappa shape index (κ3) is 2.61. The second-order valence-electron chi connectivity index (χ2n) is 4.47. The average molecular weight is 285 g/mol. The highest BCUT2D eigenvalue weighted by Gasteiger charge is 2.19. The highest BCUT2D eigenvalue weighted by Crippen LogP contribution is 2.33. The molecule has 2 rings (SSSR count). The van der Waals surface area contributed by atoms with Gasteiger partial charge in [0.05, 0.1) is 5.38 Å². The first-order valence-electron chi connectivity index (χ1n) is 5.76. The van der Waals surface area contributed by atoms with Crippen molar-refractivity contribution >= 4 is 11.6 Å². The molecule has 1 atom stereocenters. The van der Waals surface area contributed by atoms with E-state index >= 15 is 0 Å². The fourth-order valence-corrected chi connectivity index (χ4v) is 2.32. The molecule has 0 N–H and O–H groups in total. The first-order chi connectivity index (χ1) is 8.91. The van der Waals surface area contributed by atoms with Gasteiger partial charge in [-0.05, 0) is 36.6 Å². The lowest BCUT2D eigenvalue weighted by atomic mass is 9.99. The summed E-state index contributed by atoms with van der Waals surface area (Å²) in [4.78, 5) is 0. The maximum absolute atomic E-state index is 13.7. The minimum atomic E-state index is -0.970. The minimum absolute atomic E-state index is 0.0482. The Balaban J connectivity index is 2.50. The van der Waals surface area contributed by atoms with Crippen LogP contribution in [0.25, 0.3) is 0 Å². The summed E-state index contributed by atoms with van der Waals surface area (Å²) in [5.74, 6) is -2.23. The molecular formula is C15H12ClF3. The van der Waals surface area contributed by atoms with Crippen molar-refractivity contribution in [3.63, 3.8) is 0 Å². The molecule has 0 nitrogen and oxygen atoms in total. The van der Waals surface area contributed by atoms with Gasteiger partial charge in [-0.1, -0.05) is 24.3 Å². The molecule has 2 aromatic rings. The molecule has 0 aliphatic heterocycles. The number of benzene rings is 2. The van der Waals surface area contributed by atoms with Crippen molar-refractivity contribution in [2.45, 2.75) is 19.2 Å². The molecule has 0 heterocycles. The zero-order valence-electron chi connectivity index (χ0n) is 10.5. The largest absolute Gasteiger partial charge is 0.206 e. The van der Waals surface area contributed by atoms with E-state index in [9.17, 15) is 13.2 Å². The summed E-state index contributed by atoms with van der Waals surface area (Å²) >= 11 is 6.18. The van der Waals surface area contributed by atoms with Crippen LogP contribution >= 0.6 is 11.6 Å². The molecule has 0 aliphatic carbocycles. The van der Waals surface area contributed by atoms with Crippen LogP contribution in [0.2, 0.25) is 0 Å². The van der Waals surface area contributed by atoms with E-state index in [-0.39, 0.29) is 11.4 Å². The molecule has 4 heteroatoms. The zero-order valence-corrected chi connectivity index (χ0v) is 11.2. The number of rotatable bonds is 2. The summed E-state index contributed by atoms with van der Waals surface area (Å²) in [6.07, 6.45) is 0. The van der Waals surface area contributed by atoms with E-state index in [2.05, 4.69) is 0 Å². The van der Waals surface area contributed by atoms with E-state index in [1.807, 2.05) is 0 Å². The minimum Gasteiger partial charge on any atom is -0.206 e.